The minimum atomic E-state index is -1.45. The van der Waals surface area contributed by atoms with Gasteiger partial charge in [-0.05, 0) is 45.1 Å². The molecule has 1 aliphatic rings. The van der Waals surface area contributed by atoms with Gasteiger partial charge in [-0.25, -0.2) is 0 Å². The predicted molar refractivity (Wildman–Crippen MR) is 53.3 cm³/mol. The van der Waals surface area contributed by atoms with E-state index in [1.54, 1.807) is 0 Å². The lowest BCUT2D eigenvalue weighted by atomic mass is 10.4. The van der Waals surface area contributed by atoms with Crippen molar-refractivity contribution in [2.75, 3.05) is 26.7 Å². The van der Waals surface area contributed by atoms with E-state index < -0.39 is 8.48 Å². The molecule has 0 aliphatic carbocycles. The van der Waals surface area contributed by atoms with E-state index in [4.69, 9.17) is 10.2 Å². The Morgan fingerprint density at radius 1 is 1.58 bits per heavy atom. The van der Waals surface area contributed by atoms with E-state index in [0.717, 1.165) is 19.5 Å². The van der Waals surface area contributed by atoms with Crippen LogP contribution < -0.4 is 5.73 Å². The van der Waals surface area contributed by atoms with Crippen LogP contribution in [0.5, 0.6) is 0 Å². The highest BCUT2D eigenvalue weighted by molar-refractivity contribution is 6.70. The third-order valence-corrected chi connectivity index (χ3v) is 6.76. The van der Waals surface area contributed by atoms with Gasteiger partial charge in [-0.15, -0.1) is 0 Å². The lowest BCUT2D eigenvalue weighted by Gasteiger charge is -2.30. The van der Waals surface area contributed by atoms with Gasteiger partial charge in [0, 0.05) is 7.11 Å². The molecule has 0 spiro atoms. The molecule has 1 heterocycles. The second-order valence-electron chi connectivity index (χ2n) is 3.61. The number of rotatable bonds is 4. The van der Waals surface area contributed by atoms with Crippen LogP contribution in [0.25, 0.3) is 0 Å². The molecule has 1 saturated heterocycles. The summed E-state index contributed by atoms with van der Waals surface area (Å²) in [5, 5.41) is 0. The molecule has 0 amide bonds. The maximum atomic E-state index is 5.63. The van der Waals surface area contributed by atoms with E-state index in [2.05, 4.69) is 11.1 Å². The van der Waals surface area contributed by atoms with Crippen LogP contribution >= 0.6 is 0 Å². The Kier molecular flexibility index (Phi) is 3.70. The molecule has 4 heteroatoms. The standard InChI is InChI=1S/C8H20N2OSi/c1-11-12(2)8-4-7-10(12)6-3-5-9/h3-9H2,1-2H3. The molecule has 12 heavy (non-hydrogen) atoms. The van der Waals surface area contributed by atoms with Gasteiger partial charge in [0.15, 0.2) is 0 Å². The molecule has 0 radical (unpaired) electrons. The van der Waals surface area contributed by atoms with Crippen LogP contribution in [-0.2, 0) is 4.43 Å². The molecule has 3 nitrogen and oxygen atoms in total. The van der Waals surface area contributed by atoms with Crippen molar-refractivity contribution in [1.82, 2.24) is 4.57 Å². The lowest BCUT2D eigenvalue weighted by Crippen LogP contribution is -2.48. The summed E-state index contributed by atoms with van der Waals surface area (Å²) in [6, 6.07) is 1.29. The molecule has 1 aliphatic heterocycles. The fourth-order valence-corrected chi connectivity index (χ4v) is 4.71. The molecule has 0 aromatic rings. The fraction of sp³-hybridized carbons (Fsp3) is 1.00. The van der Waals surface area contributed by atoms with Gasteiger partial charge >= 0.3 is 0 Å². The second kappa shape index (κ2) is 4.37. The van der Waals surface area contributed by atoms with Crippen molar-refractivity contribution >= 4 is 8.48 Å². The Labute approximate surface area is 76.1 Å². The van der Waals surface area contributed by atoms with Gasteiger partial charge in [0.05, 0.1) is 0 Å². The molecule has 0 aromatic carbocycles. The summed E-state index contributed by atoms with van der Waals surface area (Å²) in [6.45, 7) is 5.45. The van der Waals surface area contributed by atoms with E-state index >= 15 is 0 Å². The van der Waals surface area contributed by atoms with Crippen molar-refractivity contribution in [3.63, 3.8) is 0 Å². The Hall–Kier alpha value is 0.0969. The molecule has 1 fully saturated rings. The molecule has 0 saturated carbocycles. The van der Waals surface area contributed by atoms with Crippen LogP contribution in [0.4, 0.5) is 0 Å². The van der Waals surface area contributed by atoms with Gasteiger partial charge in [-0.2, -0.15) is 0 Å². The summed E-state index contributed by atoms with van der Waals surface area (Å²) in [5.74, 6) is 0. The van der Waals surface area contributed by atoms with E-state index in [9.17, 15) is 0 Å². The summed E-state index contributed by atoms with van der Waals surface area (Å²) in [4.78, 5) is 0. The maximum Gasteiger partial charge on any atom is 0.267 e. The molecule has 1 unspecified atom stereocenters. The van der Waals surface area contributed by atoms with Crippen molar-refractivity contribution in [3.05, 3.63) is 0 Å². The summed E-state index contributed by atoms with van der Waals surface area (Å²) in [5.41, 5.74) is 5.48. The third kappa shape index (κ3) is 2.07. The minimum Gasteiger partial charge on any atom is -0.406 e. The summed E-state index contributed by atoms with van der Waals surface area (Å²) >= 11 is 0. The number of hydrogen-bond donors (Lipinski definition) is 1. The molecule has 0 bridgehead atoms. The van der Waals surface area contributed by atoms with Crippen molar-refractivity contribution < 1.29 is 4.43 Å². The van der Waals surface area contributed by atoms with Crippen LogP contribution in [0.1, 0.15) is 12.8 Å². The highest BCUT2D eigenvalue weighted by atomic mass is 28.4. The largest absolute Gasteiger partial charge is 0.406 e. The van der Waals surface area contributed by atoms with Gasteiger partial charge in [-0.3, -0.25) is 0 Å². The lowest BCUT2D eigenvalue weighted by molar-refractivity contribution is 0.315. The van der Waals surface area contributed by atoms with Gasteiger partial charge in [-0.1, -0.05) is 0 Å². The van der Waals surface area contributed by atoms with Crippen LogP contribution in [-0.4, -0.2) is 39.8 Å². The predicted octanol–water partition coefficient (Wildman–Crippen LogP) is 0.759. The molecular weight excluding hydrogens is 168 g/mol. The molecule has 2 N–H and O–H groups in total. The SMILES string of the molecule is CO[Si]1(C)CCCN1CCCN. The van der Waals surface area contributed by atoms with Gasteiger partial charge in [0.25, 0.3) is 8.48 Å². The molecule has 72 valence electrons. The summed E-state index contributed by atoms with van der Waals surface area (Å²) < 4.78 is 8.16. The van der Waals surface area contributed by atoms with Crippen LogP contribution in [0.2, 0.25) is 12.6 Å². The first kappa shape index (κ1) is 10.2. The van der Waals surface area contributed by atoms with Crippen LogP contribution in [0.15, 0.2) is 0 Å². The molecule has 1 atom stereocenters. The van der Waals surface area contributed by atoms with Crippen molar-refractivity contribution in [2.45, 2.75) is 25.4 Å². The average Bonchev–Trinajstić information content (AvgIpc) is 2.45. The van der Waals surface area contributed by atoms with E-state index in [1.807, 2.05) is 7.11 Å². The van der Waals surface area contributed by atoms with E-state index in [0.29, 0.717) is 0 Å². The smallest absolute Gasteiger partial charge is 0.267 e. The number of nitrogens with zero attached hydrogens (tertiary/aromatic N) is 1. The zero-order chi connectivity index (χ0) is 9.03. The monoisotopic (exact) mass is 188 g/mol. The zero-order valence-electron chi connectivity index (χ0n) is 8.18. The average molecular weight is 188 g/mol. The number of nitrogens with two attached hydrogens (primary N) is 1. The van der Waals surface area contributed by atoms with Gasteiger partial charge < -0.3 is 14.7 Å². The fourth-order valence-electron chi connectivity index (χ4n) is 1.85. The van der Waals surface area contributed by atoms with Crippen molar-refractivity contribution in [1.29, 1.82) is 0 Å². The first-order valence-corrected chi connectivity index (χ1v) is 7.29. The first-order chi connectivity index (χ1) is 5.73. The first-order valence-electron chi connectivity index (χ1n) is 4.73. The Bertz CT molecular complexity index is 145. The minimum absolute atomic E-state index is 0.796. The normalized spacial score (nSPS) is 31.2. The number of hydrogen-bond acceptors (Lipinski definition) is 3. The van der Waals surface area contributed by atoms with Crippen LogP contribution in [0, 0.1) is 0 Å². The van der Waals surface area contributed by atoms with Gasteiger partial charge in [0.1, 0.15) is 0 Å². The summed E-state index contributed by atoms with van der Waals surface area (Å²) in [7, 11) is 0.405. The summed E-state index contributed by atoms with van der Waals surface area (Å²) in [6.07, 6.45) is 2.41. The van der Waals surface area contributed by atoms with Gasteiger partial charge in [0.2, 0.25) is 0 Å². The maximum absolute atomic E-state index is 5.63. The Balaban J connectivity index is 2.40. The second-order valence-corrected chi connectivity index (χ2v) is 7.50. The topological polar surface area (TPSA) is 38.5 Å². The molecule has 1 rings (SSSR count). The zero-order valence-corrected chi connectivity index (χ0v) is 9.18. The molecule has 0 aromatic heterocycles. The Morgan fingerprint density at radius 3 is 2.92 bits per heavy atom. The van der Waals surface area contributed by atoms with Crippen molar-refractivity contribution in [3.8, 4) is 0 Å². The van der Waals surface area contributed by atoms with E-state index in [1.165, 1.54) is 19.0 Å². The van der Waals surface area contributed by atoms with Crippen LogP contribution in [0.3, 0.4) is 0 Å². The third-order valence-electron chi connectivity index (χ3n) is 2.81. The quantitative estimate of drug-likeness (QED) is 0.662. The Morgan fingerprint density at radius 2 is 2.33 bits per heavy atom. The van der Waals surface area contributed by atoms with Crippen molar-refractivity contribution in [2.24, 2.45) is 5.73 Å². The molecular formula is C8H20N2OSi. The highest BCUT2D eigenvalue weighted by Crippen LogP contribution is 2.25. The van der Waals surface area contributed by atoms with E-state index in [-0.39, 0.29) is 0 Å². The highest BCUT2D eigenvalue weighted by Gasteiger charge is 2.39.